The van der Waals surface area contributed by atoms with Gasteiger partial charge in [0.15, 0.2) is 0 Å². The van der Waals surface area contributed by atoms with Gasteiger partial charge in [-0.1, -0.05) is 15.9 Å². The van der Waals surface area contributed by atoms with Crippen molar-refractivity contribution in [1.29, 1.82) is 0 Å². The topological polar surface area (TPSA) is 49.8 Å². The summed E-state index contributed by atoms with van der Waals surface area (Å²) >= 11 is 3.48. The van der Waals surface area contributed by atoms with E-state index in [2.05, 4.69) is 15.9 Å². The number of carbonyl (C=O) groups excluding carboxylic acids is 1. The zero-order valence-electron chi connectivity index (χ0n) is 10.9. The van der Waals surface area contributed by atoms with Gasteiger partial charge in [-0.25, -0.2) is 0 Å². The van der Waals surface area contributed by atoms with Crippen LogP contribution in [0.2, 0.25) is 0 Å². The van der Waals surface area contributed by atoms with Crippen molar-refractivity contribution in [3.8, 4) is 11.5 Å². The third-order valence-corrected chi connectivity index (χ3v) is 4.47. The second-order valence-corrected chi connectivity index (χ2v) is 5.42. The van der Waals surface area contributed by atoms with Crippen LogP contribution in [0.5, 0.6) is 11.5 Å². The molecule has 1 heterocycles. The number of nitrogens with zero attached hydrogens (tertiary/aromatic N) is 1. The molecule has 0 saturated carbocycles. The van der Waals surface area contributed by atoms with Crippen LogP contribution < -0.4 is 4.74 Å². The highest BCUT2D eigenvalue weighted by Gasteiger charge is 2.24. The van der Waals surface area contributed by atoms with Gasteiger partial charge in [0, 0.05) is 18.4 Å². The number of carbonyl (C=O) groups is 1. The maximum Gasteiger partial charge on any atom is 0.257 e. The van der Waals surface area contributed by atoms with E-state index in [9.17, 15) is 9.90 Å². The number of rotatable bonds is 3. The first-order chi connectivity index (χ1) is 9.15. The lowest BCUT2D eigenvalue weighted by atomic mass is 9.98. The summed E-state index contributed by atoms with van der Waals surface area (Å²) in [6.07, 6.45) is 2.00. The van der Waals surface area contributed by atoms with Crippen molar-refractivity contribution in [3.63, 3.8) is 0 Å². The summed E-state index contributed by atoms with van der Waals surface area (Å²) < 4.78 is 5.09. The molecule has 1 aliphatic rings. The van der Waals surface area contributed by atoms with Crippen LogP contribution in [0.15, 0.2) is 18.2 Å². The molecule has 19 heavy (non-hydrogen) atoms. The quantitative estimate of drug-likeness (QED) is 0.868. The van der Waals surface area contributed by atoms with E-state index in [1.165, 1.54) is 6.07 Å². The average Bonchev–Trinajstić information content (AvgIpc) is 2.47. The molecule has 0 aromatic heterocycles. The van der Waals surface area contributed by atoms with Crippen LogP contribution in [-0.2, 0) is 0 Å². The summed E-state index contributed by atoms with van der Waals surface area (Å²) in [4.78, 5) is 14.2. The van der Waals surface area contributed by atoms with Gasteiger partial charge in [-0.05, 0) is 37.0 Å². The third-order valence-electron chi connectivity index (χ3n) is 3.55. The fourth-order valence-corrected chi connectivity index (χ4v) is 2.92. The Morgan fingerprint density at radius 1 is 1.47 bits per heavy atom. The number of phenols is 1. The fourth-order valence-electron chi connectivity index (χ4n) is 2.27. The zero-order chi connectivity index (χ0) is 13.8. The van der Waals surface area contributed by atoms with E-state index in [1.54, 1.807) is 24.1 Å². The second kappa shape index (κ2) is 6.28. The third kappa shape index (κ3) is 3.21. The standard InChI is InChI=1S/C14H18BrNO3/c1-19-11-2-3-13(17)12(8-11)14(18)16-6-4-10(9-15)5-7-16/h2-3,8,10,17H,4-7,9H2,1H3. The predicted molar refractivity (Wildman–Crippen MR) is 77.1 cm³/mol. The van der Waals surface area contributed by atoms with Gasteiger partial charge in [0.25, 0.3) is 5.91 Å². The van der Waals surface area contributed by atoms with Gasteiger partial charge in [-0.15, -0.1) is 0 Å². The van der Waals surface area contributed by atoms with Gasteiger partial charge < -0.3 is 14.7 Å². The number of piperidine rings is 1. The number of aromatic hydroxyl groups is 1. The molecule has 0 unspecified atom stereocenters. The van der Waals surface area contributed by atoms with Crippen LogP contribution in [0, 0.1) is 5.92 Å². The molecule has 1 amide bonds. The van der Waals surface area contributed by atoms with Crippen molar-refractivity contribution in [3.05, 3.63) is 23.8 Å². The molecule has 1 aromatic rings. The average molecular weight is 328 g/mol. The Bertz CT molecular complexity index is 456. The van der Waals surface area contributed by atoms with E-state index in [0.29, 0.717) is 17.2 Å². The van der Waals surface area contributed by atoms with Crippen LogP contribution in [0.3, 0.4) is 0 Å². The first-order valence-corrected chi connectivity index (χ1v) is 7.50. The summed E-state index contributed by atoms with van der Waals surface area (Å²) in [5.74, 6) is 1.11. The highest BCUT2D eigenvalue weighted by molar-refractivity contribution is 9.09. The van der Waals surface area contributed by atoms with E-state index in [-0.39, 0.29) is 11.7 Å². The number of ether oxygens (including phenoxy) is 1. The molecular formula is C14H18BrNO3. The van der Waals surface area contributed by atoms with E-state index in [0.717, 1.165) is 31.3 Å². The minimum Gasteiger partial charge on any atom is -0.507 e. The molecule has 4 nitrogen and oxygen atoms in total. The molecular weight excluding hydrogens is 310 g/mol. The molecule has 104 valence electrons. The van der Waals surface area contributed by atoms with E-state index in [4.69, 9.17) is 4.74 Å². The Hall–Kier alpha value is -1.23. The molecule has 1 fully saturated rings. The van der Waals surface area contributed by atoms with Crippen LogP contribution in [-0.4, -0.2) is 41.4 Å². The number of phenolic OH excluding ortho intramolecular Hbond substituents is 1. The molecule has 1 saturated heterocycles. The summed E-state index contributed by atoms with van der Waals surface area (Å²) in [6, 6.07) is 4.73. The van der Waals surface area contributed by atoms with Gasteiger partial charge in [-0.3, -0.25) is 4.79 Å². The maximum atomic E-state index is 12.4. The minimum absolute atomic E-state index is 0.00779. The number of hydrogen-bond donors (Lipinski definition) is 1. The Balaban J connectivity index is 2.11. The normalized spacial score (nSPS) is 16.4. The highest BCUT2D eigenvalue weighted by Crippen LogP contribution is 2.26. The molecule has 1 aromatic carbocycles. The monoisotopic (exact) mass is 327 g/mol. The van der Waals surface area contributed by atoms with Crippen molar-refractivity contribution in [2.24, 2.45) is 5.92 Å². The highest BCUT2D eigenvalue weighted by atomic mass is 79.9. The molecule has 2 rings (SSSR count). The lowest BCUT2D eigenvalue weighted by Gasteiger charge is -2.31. The molecule has 0 atom stereocenters. The summed E-state index contributed by atoms with van der Waals surface area (Å²) in [7, 11) is 1.54. The molecule has 0 aliphatic carbocycles. The largest absolute Gasteiger partial charge is 0.507 e. The Morgan fingerprint density at radius 2 is 2.16 bits per heavy atom. The van der Waals surface area contributed by atoms with Gasteiger partial charge in [0.05, 0.1) is 12.7 Å². The Labute approximate surface area is 121 Å². The van der Waals surface area contributed by atoms with Gasteiger partial charge in [0.1, 0.15) is 11.5 Å². The molecule has 5 heteroatoms. The number of halogens is 1. The SMILES string of the molecule is COc1ccc(O)c(C(=O)N2CCC(CBr)CC2)c1. The van der Waals surface area contributed by atoms with Crippen molar-refractivity contribution in [2.45, 2.75) is 12.8 Å². The molecule has 0 spiro atoms. The van der Waals surface area contributed by atoms with Gasteiger partial charge in [0.2, 0.25) is 0 Å². The maximum absolute atomic E-state index is 12.4. The molecule has 1 N–H and O–H groups in total. The van der Waals surface area contributed by atoms with Crippen molar-refractivity contribution < 1.29 is 14.6 Å². The number of methoxy groups -OCH3 is 1. The number of hydrogen-bond acceptors (Lipinski definition) is 3. The smallest absolute Gasteiger partial charge is 0.257 e. The molecule has 0 bridgehead atoms. The fraction of sp³-hybridized carbons (Fsp3) is 0.500. The van der Waals surface area contributed by atoms with Crippen molar-refractivity contribution >= 4 is 21.8 Å². The predicted octanol–water partition coefficient (Wildman–Crippen LogP) is 2.65. The van der Waals surface area contributed by atoms with Crippen molar-refractivity contribution in [1.82, 2.24) is 4.90 Å². The number of likely N-dealkylation sites (tertiary alicyclic amines) is 1. The molecule has 0 radical (unpaired) electrons. The van der Waals surface area contributed by atoms with Crippen LogP contribution in [0.1, 0.15) is 23.2 Å². The summed E-state index contributed by atoms with van der Waals surface area (Å²) in [5, 5.41) is 10.8. The number of benzene rings is 1. The summed E-state index contributed by atoms with van der Waals surface area (Å²) in [5.41, 5.74) is 0.316. The van der Waals surface area contributed by atoms with E-state index in [1.807, 2.05) is 0 Å². The van der Waals surface area contributed by atoms with Crippen LogP contribution in [0.4, 0.5) is 0 Å². The van der Waals surface area contributed by atoms with Crippen molar-refractivity contribution in [2.75, 3.05) is 25.5 Å². The summed E-state index contributed by atoms with van der Waals surface area (Å²) in [6.45, 7) is 1.48. The second-order valence-electron chi connectivity index (χ2n) is 4.77. The van der Waals surface area contributed by atoms with Gasteiger partial charge >= 0.3 is 0 Å². The number of amides is 1. The molecule has 1 aliphatic heterocycles. The number of alkyl halides is 1. The van der Waals surface area contributed by atoms with E-state index >= 15 is 0 Å². The Morgan fingerprint density at radius 3 is 2.74 bits per heavy atom. The zero-order valence-corrected chi connectivity index (χ0v) is 12.5. The lowest BCUT2D eigenvalue weighted by molar-refractivity contribution is 0.0695. The minimum atomic E-state index is -0.121. The van der Waals surface area contributed by atoms with Crippen LogP contribution in [0.25, 0.3) is 0 Å². The van der Waals surface area contributed by atoms with Gasteiger partial charge in [-0.2, -0.15) is 0 Å². The lowest BCUT2D eigenvalue weighted by Crippen LogP contribution is -2.38. The van der Waals surface area contributed by atoms with Crippen LogP contribution >= 0.6 is 15.9 Å². The Kier molecular flexibility index (Phi) is 4.69. The van der Waals surface area contributed by atoms with E-state index < -0.39 is 0 Å². The first-order valence-electron chi connectivity index (χ1n) is 6.38. The first kappa shape index (κ1) is 14.2.